The fourth-order valence-corrected chi connectivity index (χ4v) is 2.29. The van der Waals surface area contributed by atoms with Crippen molar-refractivity contribution in [2.75, 3.05) is 19.8 Å². The Labute approximate surface area is 146 Å². The van der Waals surface area contributed by atoms with Crippen molar-refractivity contribution in [1.29, 1.82) is 0 Å². The summed E-state index contributed by atoms with van der Waals surface area (Å²) in [5.41, 5.74) is 5.15. The summed E-state index contributed by atoms with van der Waals surface area (Å²) in [6.45, 7) is 4.79. The van der Waals surface area contributed by atoms with E-state index in [1.165, 1.54) is 0 Å². The highest BCUT2D eigenvalue weighted by Gasteiger charge is 2.12. The molecule has 0 spiro atoms. The summed E-state index contributed by atoms with van der Waals surface area (Å²) in [7, 11) is 0. The van der Waals surface area contributed by atoms with E-state index in [-0.39, 0.29) is 12.5 Å². The second kappa shape index (κ2) is 7.70. The molecule has 0 aromatic heterocycles. The molecule has 2 aromatic carbocycles. The Bertz CT molecular complexity index is 785. The van der Waals surface area contributed by atoms with E-state index in [0.29, 0.717) is 30.4 Å². The van der Waals surface area contributed by atoms with Crippen molar-refractivity contribution in [1.82, 2.24) is 5.43 Å². The number of hydrogen-bond acceptors (Lipinski definition) is 5. The molecule has 6 nitrogen and oxygen atoms in total. The van der Waals surface area contributed by atoms with Gasteiger partial charge in [0.05, 0.1) is 5.71 Å². The molecule has 25 heavy (non-hydrogen) atoms. The number of carbonyl (C=O) groups excluding carboxylic acids is 1. The highest BCUT2D eigenvalue weighted by atomic mass is 16.6. The van der Waals surface area contributed by atoms with E-state index in [4.69, 9.17) is 14.2 Å². The summed E-state index contributed by atoms with van der Waals surface area (Å²) in [4.78, 5) is 11.9. The quantitative estimate of drug-likeness (QED) is 0.671. The highest BCUT2D eigenvalue weighted by molar-refractivity contribution is 5.99. The zero-order valence-corrected chi connectivity index (χ0v) is 14.2. The lowest BCUT2D eigenvalue weighted by Crippen LogP contribution is -2.25. The van der Waals surface area contributed by atoms with Crippen LogP contribution in [0.3, 0.4) is 0 Å². The van der Waals surface area contributed by atoms with Gasteiger partial charge in [-0.25, -0.2) is 5.43 Å². The molecule has 1 aliphatic rings. The lowest BCUT2D eigenvalue weighted by atomic mass is 10.1. The molecule has 0 saturated carbocycles. The van der Waals surface area contributed by atoms with Crippen LogP contribution in [0.4, 0.5) is 0 Å². The van der Waals surface area contributed by atoms with Crippen molar-refractivity contribution >= 4 is 11.6 Å². The summed E-state index contributed by atoms with van der Waals surface area (Å²) < 4.78 is 16.5. The predicted octanol–water partition coefficient (Wildman–Crippen LogP) is 2.69. The second-order valence-electron chi connectivity index (χ2n) is 5.69. The Morgan fingerprint density at radius 1 is 1.12 bits per heavy atom. The number of hydrazone groups is 1. The number of rotatable bonds is 5. The van der Waals surface area contributed by atoms with E-state index in [1.807, 2.05) is 56.3 Å². The van der Waals surface area contributed by atoms with Gasteiger partial charge in [0.15, 0.2) is 18.1 Å². The lowest BCUT2D eigenvalue weighted by Gasteiger charge is -2.18. The summed E-state index contributed by atoms with van der Waals surface area (Å²) in [6.07, 6.45) is 0. The minimum Gasteiger partial charge on any atom is -0.486 e. The molecule has 2 aromatic rings. The van der Waals surface area contributed by atoms with E-state index < -0.39 is 0 Å². The molecule has 3 rings (SSSR count). The van der Waals surface area contributed by atoms with Crippen LogP contribution in [0, 0.1) is 6.92 Å². The van der Waals surface area contributed by atoms with Gasteiger partial charge in [-0.15, -0.1) is 0 Å². The number of carbonyl (C=O) groups is 1. The number of nitrogens with one attached hydrogen (secondary N) is 1. The Morgan fingerprint density at radius 3 is 2.60 bits per heavy atom. The average Bonchev–Trinajstić information content (AvgIpc) is 2.65. The lowest BCUT2D eigenvalue weighted by molar-refractivity contribution is -0.123. The first-order valence-corrected chi connectivity index (χ1v) is 8.04. The van der Waals surface area contributed by atoms with Crippen LogP contribution in [-0.2, 0) is 4.79 Å². The van der Waals surface area contributed by atoms with E-state index >= 15 is 0 Å². The minimum absolute atomic E-state index is 0.0963. The van der Waals surface area contributed by atoms with Gasteiger partial charge in [0, 0.05) is 5.56 Å². The fourth-order valence-electron chi connectivity index (χ4n) is 2.29. The van der Waals surface area contributed by atoms with Gasteiger partial charge in [-0.05, 0) is 44.2 Å². The van der Waals surface area contributed by atoms with Gasteiger partial charge in [-0.3, -0.25) is 4.79 Å². The zero-order valence-electron chi connectivity index (χ0n) is 14.2. The molecule has 0 unspecified atom stereocenters. The number of aryl methyl sites for hydroxylation is 1. The third-order valence-corrected chi connectivity index (χ3v) is 3.70. The van der Waals surface area contributed by atoms with Gasteiger partial charge in [0.25, 0.3) is 5.91 Å². The maximum atomic E-state index is 11.9. The van der Waals surface area contributed by atoms with Crippen molar-refractivity contribution in [3.63, 3.8) is 0 Å². The molecule has 130 valence electrons. The third kappa shape index (κ3) is 4.50. The van der Waals surface area contributed by atoms with Gasteiger partial charge < -0.3 is 14.2 Å². The van der Waals surface area contributed by atoms with Crippen molar-refractivity contribution in [3.05, 3.63) is 53.6 Å². The second-order valence-corrected chi connectivity index (χ2v) is 5.69. The number of ether oxygens (including phenoxy) is 3. The van der Waals surface area contributed by atoms with Crippen molar-refractivity contribution in [2.24, 2.45) is 5.10 Å². The largest absolute Gasteiger partial charge is 0.486 e. The van der Waals surface area contributed by atoms with Crippen LogP contribution in [0.1, 0.15) is 18.1 Å². The van der Waals surface area contributed by atoms with Crippen LogP contribution in [0.2, 0.25) is 0 Å². The van der Waals surface area contributed by atoms with Gasteiger partial charge >= 0.3 is 0 Å². The van der Waals surface area contributed by atoms with Gasteiger partial charge in [0.1, 0.15) is 19.0 Å². The number of fused-ring (bicyclic) bond motifs is 1. The molecule has 1 amide bonds. The van der Waals surface area contributed by atoms with Crippen LogP contribution >= 0.6 is 0 Å². The Hall–Kier alpha value is -3.02. The molecule has 0 atom stereocenters. The van der Waals surface area contributed by atoms with Crippen molar-refractivity contribution in [3.8, 4) is 17.2 Å². The standard InChI is InChI=1S/C19H20N2O4/c1-13-3-6-16(7-4-13)25-12-19(22)21-20-14(2)15-5-8-17-18(11-15)24-10-9-23-17/h3-8,11H,9-10,12H2,1-2H3,(H,21,22)/b20-14+. The molecule has 0 radical (unpaired) electrons. The molecule has 0 bridgehead atoms. The predicted molar refractivity (Wildman–Crippen MR) is 94.5 cm³/mol. The highest BCUT2D eigenvalue weighted by Crippen LogP contribution is 2.30. The fraction of sp³-hybridized carbons (Fsp3) is 0.263. The molecule has 0 fully saturated rings. The maximum absolute atomic E-state index is 11.9. The molecule has 1 N–H and O–H groups in total. The molecular weight excluding hydrogens is 320 g/mol. The molecular formula is C19H20N2O4. The third-order valence-electron chi connectivity index (χ3n) is 3.70. The monoisotopic (exact) mass is 340 g/mol. The van der Waals surface area contributed by atoms with E-state index in [1.54, 1.807) is 0 Å². The molecule has 6 heteroatoms. The maximum Gasteiger partial charge on any atom is 0.277 e. The zero-order chi connectivity index (χ0) is 17.6. The first-order valence-electron chi connectivity index (χ1n) is 8.04. The summed E-state index contributed by atoms with van der Waals surface area (Å²) in [5, 5.41) is 4.11. The summed E-state index contributed by atoms with van der Waals surface area (Å²) in [5.74, 6) is 1.73. The topological polar surface area (TPSA) is 69.2 Å². The summed E-state index contributed by atoms with van der Waals surface area (Å²) >= 11 is 0. The van der Waals surface area contributed by atoms with Gasteiger partial charge in [-0.2, -0.15) is 5.10 Å². The minimum atomic E-state index is -0.322. The molecule has 0 saturated heterocycles. The molecule has 1 heterocycles. The van der Waals surface area contributed by atoms with E-state index in [0.717, 1.165) is 16.9 Å². The smallest absolute Gasteiger partial charge is 0.277 e. The molecule has 1 aliphatic heterocycles. The Kier molecular flexibility index (Phi) is 5.18. The Morgan fingerprint density at radius 2 is 1.84 bits per heavy atom. The number of hydrogen-bond donors (Lipinski definition) is 1. The van der Waals surface area contributed by atoms with E-state index in [9.17, 15) is 4.79 Å². The SMILES string of the molecule is C/C(=N\NC(=O)COc1ccc(C)cc1)c1ccc2c(c1)OCCO2. The first-order chi connectivity index (χ1) is 12.1. The van der Waals surface area contributed by atoms with Crippen LogP contribution in [0.5, 0.6) is 17.2 Å². The number of amides is 1. The van der Waals surface area contributed by atoms with Gasteiger partial charge in [0.2, 0.25) is 0 Å². The average molecular weight is 340 g/mol. The van der Waals surface area contributed by atoms with E-state index in [2.05, 4.69) is 10.5 Å². The van der Waals surface area contributed by atoms with Gasteiger partial charge in [-0.1, -0.05) is 17.7 Å². The normalized spacial score (nSPS) is 13.3. The van der Waals surface area contributed by atoms with Crippen LogP contribution in [-0.4, -0.2) is 31.4 Å². The number of benzene rings is 2. The van der Waals surface area contributed by atoms with Crippen LogP contribution < -0.4 is 19.6 Å². The molecule has 0 aliphatic carbocycles. The first kappa shape index (κ1) is 16.8. The van der Waals surface area contributed by atoms with Crippen molar-refractivity contribution < 1.29 is 19.0 Å². The number of nitrogens with zero attached hydrogens (tertiary/aromatic N) is 1. The van der Waals surface area contributed by atoms with Crippen LogP contribution in [0.25, 0.3) is 0 Å². The van der Waals surface area contributed by atoms with Crippen molar-refractivity contribution in [2.45, 2.75) is 13.8 Å². The Balaban J connectivity index is 1.55. The van der Waals surface area contributed by atoms with Crippen LogP contribution in [0.15, 0.2) is 47.6 Å². The summed E-state index contributed by atoms with van der Waals surface area (Å²) in [6, 6.07) is 13.1.